The zero-order valence-electron chi connectivity index (χ0n) is 10.7. The van der Waals surface area contributed by atoms with Crippen LogP contribution in [0.4, 0.5) is 0 Å². The Kier molecular flexibility index (Phi) is 4.04. The van der Waals surface area contributed by atoms with E-state index in [2.05, 4.69) is 0 Å². The molecule has 1 fully saturated rings. The molecule has 1 saturated heterocycles. The van der Waals surface area contributed by atoms with Gasteiger partial charge in [0.25, 0.3) is 0 Å². The van der Waals surface area contributed by atoms with E-state index < -0.39 is 10.0 Å². The van der Waals surface area contributed by atoms with Gasteiger partial charge in [-0.1, -0.05) is 12.1 Å². The van der Waals surface area contributed by atoms with Crippen molar-refractivity contribution in [2.24, 2.45) is 5.73 Å². The summed E-state index contributed by atoms with van der Waals surface area (Å²) < 4.78 is 26.4. The van der Waals surface area contributed by atoms with Gasteiger partial charge in [-0.25, -0.2) is 8.42 Å². The number of nitrogens with zero attached hydrogens (tertiary/aromatic N) is 1. The first-order valence-electron chi connectivity index (χ1n) is 6.36. The summed E-state index contributed by atoms with van der Waals surface area (Å²) in [5.74, 6) is 0. The summed E-state index contributed by atoms with van der Waals surface area (Å²) in [6.07, 6.45) is 2.68. The Morgan fingerprint density at radius 1 is 1.33 bits per heavy atom. The third-order valence-corrected chi connectivity index (χ3v) is 5.48. The van der Waals surface area contributed by atoms with Crippen molar-refractivity contribution in [3.8, 4) is 0 Å². The fraction of sp³-hybridized carbons (Fsp3) is 0.538. The van der Waals surface area contributed by atoms with Crippen molar-refractivity contribution in [1.29, 1.82) is 0 Å². The summed E-state index contributed by atoms with van der Waals surface area (Å²) >= 11 is 0. The number of rotatable bonds is 4. The number of hydrogen-bond donors (Lipinski definition) is 1. The highest BCUT2D eigenvalue weighted by atomic mass is 32.2. The topological polar surface area (TPSA) is 63.4 Å². The summed E-state index contributed by atoms with van der Waals surface area (Å²) in [4.78, 5) is 0.386. The molecule has 0 aromatic heterocycles. The summed E-state index contributed by atoms with van der Waals surface area (Å²) in [5.41, 5.74) is 6.55. The maximum atomic E-state index is 12.4. The van der Waals surface area contributed by atoms with Crippen LogP contribution >= 0.6 is 0 Å². The fourth-order valence-electron chi connectivity index (χ4n) is 2.39. The van der Waals surface area contributed by atoms with Crippen LogP contribution in [0.1, 0.15) is 25.3 Å². The molecule has 2 N–H and O–H groups in total. The van der Waals surface area contributed by atoms with Crippen LogP contribution in [-0.2, 0) is 16.4 Å². The van der Waals surface area contributed by atoms with Gasteiger partial charge in [0.15, 0.2) is 0 Å². The van der Waals surface area contributed by atoms with E-state index >= 15 is 0 Å². The molecule has 1 aromatic rings. The molecule has 1 unspecified atom stereocenters. The molecule has 0 bridgehead atoms. The minimum absolute atomic E-state index is 0.110. The fourth-order valence-corrected chi connectivity index (χ4v) is 4.09. The Morgan fingerprint density at radius 3 is 2.50 bits per heavy atom. The van der Waals surface area contributed by atoms with Crippen molar-refractivity contribution in [2.75, 3.05) is 13.1 Å². The second-order valence-corrected chi connectivity index (χ2v) is 6.68. The highest BCUT2D eigenvalue weighted by molar-refractivity contribution is 7.89. The zero-order valence-corrected chi connectivity index (χ0v) is 11.5. The molecule has 1 aromatic carbocycles. The molecule has 1 atom stereocenters. The molecule has 5 heteroatoms. The minimum atomic E-state index is -3.32. The van der Waals surface area contributed by atoms with E-state index in [4.69, 9.17) is 5.73 Å². The van der Waals surface area contributed by atoms with Crippen molar-refractivity contribution in [1.82, 2.24) is 4.31 Å². The predicted molar refractivity (Wildman–Crippen MR) is 71.8 cm³/mol. The molecule has 0 saturated carbocycles. The lowest BCUT2D eigenvalue weighted by atomic mass is 10.2. The van der Waals surface area contributed by atoms with Crippen molar-refractivity contribution < 1.29 is 8.42 Å². The van der Waals surface area contributed by atoms with E-state index in [-0.39, 0.29) is 6.04 Å². The Bertz CT molecular complexity index is 496. The van der Waals surface area contributed by atoms with Crippen LogP contribution in [0.25, 0.3) is 0 Å². The van der Waals surface area contributed by atoms with Crippen LogP contribution in [0.5, 0.6) is 0 Å². The van der Waals surface area contributed by atoms with Crippen LogP contribution in [0, 0.1) is 0 Å². The van der Waals surface area contributed by atoms with Crippen molar-refractivity contribution in [2.45, 2.75) is 37.1 Å². The lowest BCUT2D eigenvalue weighted by Crippen LogP contribution is -2.33. The first-order valence-corrected chi connectivity index (χ1v) is 7.80. The van der Waals surface area contributed by atoms with E-state index in [1.807, 2.05) is 19.1 Å². The van der Waals surface area contributed by atoms with Gasteiger partial charge < -0.3 is 5.73 Å². The van der Waals surface area contributed by atoms with Gasteiger partial charge in [-0.2, -0.15) is 4.31 Å². The zero-order chi connectivity index (χ0) is 13.2. The molecule has 4 nitrogen and oxygen atoms in total. The molecule has 100 valence electrons. The van der Waals surface area contributed by atoms with Gasteiger partial charge in [0.2, 0.25) is 10.0 Å². The van der Waals surface area contributed by atoms with E-state index in [0.29, 0.717) is 18.0 Å². The number of sulfonamides is 1. The number of nitrogens with two attached hydrogens (primary N) is 1. The normalized spacial score (nSPS) is 21.3. The van der Waals surface area contributed by atoms with Gasteiger partial charge in [-0.3, -0.25) is 0 Å². The first kappa shape index (κ1) is 13.5. The molecule has 0 aliphatic carbocycles. The summed E-state index contributed by atoms with van der Waals surface area (Å²) in [5, 5.41) is 0. The van der Waals surface area contributed by atoms with Gasteiger partial charge >= 0.3 is 0 Å². The Morgan fingerprint density at radius 2 is 2.00 bits per heavy atom. The lowest BCUT2D eigenvalue weighted by Gasteiger charge is -2.21. The van der Waals surface area contributed by atoms with Gasteiger partial charge in [-0.05, 0) is 50.4 Å². The monoisotopic (exact) mass is 268 g/mol. The minimum Gasteiger partial charge on any atom is -0.330 e. The second-order valence-electron chi connectivity index (χ2n) is 4.79. The van der Waals surface area contributed by atoms with Crippen molar-refractivity contribution in [3.63, 3.8) is 0 Å². The molecule has 1 aliphatic rings. The molecular weight excluding hydrogens is 248 g/mol. The number of benzene rings is 1. The maximum absolute atomic E-state index is 12.4. The van der Waals surface area contributed by atoms with E-state index in [1.54, 1.807) is 16.4 Å². The van der Waals surface area contributed by atoms with Crippen LogP contribution in [0.15, 0.2) is 29.2 Å². The third-order valence-electron chi connectivity index (χ3n) is 3.45. The molecule has 18 heavy (non-hydrogen) atoms. The van der Waals surface area contributed by atoms with Crippen LogP contribution in [0.2, 0.25) is 0 Å². The molecule has 1 aliphatic heterocycles. The highest BCUT2D eigenvalue weighted by Crippen LogP contribution is 2.25. The average molecular weight is 268 g/mol. The quantitative estimate of drug-likeness (QED) is 0.897. The standard InChI is InChI=1S/C13H20N2O2S/c1-11-3-2-10-15(11)18(16,17)13-6-4-12(5-7-13)8-9-14/h4-7,11H,2-3,8-10,14H2,1H3. The molecule has 1 heterocycles. The SMILES string of the molecule is CC1CCCN1S(=O)(=O)c1ccc(CCN)cc1. The molecule has 2 rings (SSSR count). The Hall–Kier alpha value is -0.910. The third kappa shape index (κ3) is 2.58. The predicted octanol–water partition coefficient (Wildman–Crippen LogP) is 1.36. The maximum Gasteiger partial charge on any atom is 0.243 e. The molecule has 0 amide bonds. The van der Waals surface area contributed by atoms with Crippen molar-refractivity contribution in [3.05, 3.63) is 29.8 Å². The highest BCUT2D eigenvalue weighted by Gasteiger charge is 2.32. The smallest absolute Gasteiger partial charge is 0.243 e. The van der Waals surface area contributed by atoms with E-state index in [9.17, 15) is 8.42 Å². The van der Waals surface area contributed by atoms with Gasteiger partial charge in [0, 0.05) is 12.6 Å². The van der Waals surface area contributed by atoms with Crippen molar-refractivity contribution >= 4 is 10.0 Å². The van der Waals surface area contributed by atoms with Gasteiger partial charge in [0.1, 0.15) is 0 Å². The Balaban J connectivity index is 2.24. The van der Waals surface area contributed by atoms with Gasteiger partial charge in [0.05, 0.1) is 4.90 Å². The summed E-state index contributed by atoms with van der Waals surface area (Å²) in [7, 11) is -3.32. The van der Waals surface area contributed by atoms with E-state index in [1.165, 1.54) is 0 Å². The molecule has 0 spiro atoms. The first-order chi connectivity index (χ1) is 8.55. The lowest BCUT2D eigenvalue weighted by molar-refractivity contribution is 0.408. The number of hydrogen-bond acceptors (Lipinski definition) is 3. The molecule has 0 radical (unpaired) electrons. The van der Waals surface area contributed by atoms with Crippen LogP contribution in [-0.4, -0.2) is 31.9 Å². The van der Waals surface area contributed by atoms with Crippen LogP contribution in [0.3, 0.4) is 0 Å². The van der Waals surface area contributed by atoms with Gasteiger partial charge in [-0.15, -0.1) is 0 Å². The van der Waals surface area contributed by atoms with E-state index in [0.717, 1.165) is 24.8 Å². The Labute approximate surface area is 109 Å². The molecular formula is C13H20N2O2S. The largest absolute Gasteiger partial charge is 0.330 e. The second kappa shape index (κ2) is 5.38. The summed E-state index contributed by atoms with van der Waals surface area (Å²) in [6.45, 7) is 3.18. The van der Waals surface area contributed by atoms with Crippen LogP contribution < -0.4 is 5.73 Å². The summed E-state index contributed by atoms with van der Waals surface area (Å²) in [6, 6.07) is 7.18. The average Bonchev–Trinajstić information content (AvgIpc) is 2.77.